The third-order valence-electron chi connectivity index (χ3n) is 6.36. The van der Waals surface area contributed by atoms with E-state index in [2.05, 4.69) is 6.07 Å². The van der Waals surface area contributed by atoms with E-state index in [0.717, 1.165) is 5.56 Å². The minimum Gasteiger partial charge on any atom is -0.507 e. The Hall–Kier alpha value is -4.57. The van der Waals surface area contributed by atoms with Crippen LogP contribution in [0.25, 0.3) is 5.76 Å². The van der Waals surface area contributed by atoms with Gasteiger partial charge in [0.1, 0.15) is 17.3 Å². The summed E-state index contributed by atoms with van der Waals surface area (Å²) in [5, 5.41) is 20.7. The van der Waals surface area contributed by atoms with Crippen molar-refractivity contribution in [2.75, 3.05) is 18.6 Å². The van der Waals surface area contributed by atoms with Crippen LogP contribution < -0.4 is 14.4 Å². The van der Waals surface area contributed by atoms with Crippen molar-refractivity contribution in [3.8, 4) is 17.6 Å². The number of aliphatic hydroxyl groups excluding tert-OH is 1. The number of Topliss-reactive ketones (excluding diaryl/α,β-unsaturated/α-hetero) is 1. The Labute approximate surface area is 216 Å². The summed E-state index contributed by atoms with van der Waals surface area (Å²) in [7, 11) is 1.55. The minimum absolute atomic E-state index is 0.0154. The van der Waals surface area contributed by atoms with Crippen LogP contribution >= 0.6 is 0 Å². The molecule has 1 aliphatic heterocycles. The number of benzene rings is 3. The molecule has 188 valence electrons. The van der Waals surface area contributed by atoms with Gasteiger partial charge in [0.25, 0.3) is 11.7 Å². The van der Waals surface area contributed by atoms with Gasteiger partial charge in [-0.3, -0.25) is 14.5 Å². The fourth-order valence-corrected chi connectivity index (χ4v) is 4.49. The van der Waals surface area contributed by atoms with Gasteiger partial charge in [-0.25, -0.2) is 0 Å². The maximum Gasteiger partial charge on any atom is 0.300 e. The van der Waals surface area contributed by atoms with E-state index >= 15 is 0 Å². The molecular formula is C30H28N2O5. The van der Waals surface area contributed by atoms with Crippen molar-refractivity contribution in [2.45, 2.75) is 32.7 Å². The van der Waals surface area contributed by atoms with Gasteiger partial charge in [-0.2, -0.15) is 5.26 Å². The van der Waals surface area contributed by atoms with Crippen LogP contribution in [0.1, 0.15) is 55.0 Å². The van der Waals surface area contributed by atoms with E-state index < -0.39 is 17.7 Å². The molecular weight excluding hydrogens is 468 g/mol. The van der Waals surface area contributed by atoms with Crippen molar-refractivity contribution in [3.63, 3.8) is 0 Å². The maximum atomic E-state index is 13.4. The molecule has 0 bridgehead atoms. The van der Waals surface area contributed by atoms with E-state index in [4.69, 9.17) is 9.47 Å². The molecule has 0 aromatic heterocycles. The lowest BCUT2D eigenvalue weighted by atomic mass is 9.93. The fourth-order valence-electron chi connectivity index (χ4n) is 4.49. The summed E-state index contributed by atoms with van der Waals surface area (Å²) in [6, 6.07) is 19.8. The second-order valence-electron chi connectivity index (χ2n) is 8.94. The van der Waals surface area contributed by atoms with E-state index in [1.54, 1.807) is 73.8 Å². The van der Waals surface area contributed by atoms with Crippen LogP contribution in [0.15, 0.2) is 72.3 Å². The summed E-state index contributed by atoms with van der Waals surface area (Å²) in [6.45, 7) is 6.43. The van der Waals surface area contributed by atoms with E-state index in [-0.39, 0.29) is 17.3 Å². The standard InChI is InChI=1S/C30H28N2O5/c1-5-37-25-15-10-21(16-24(25)18(2)3)28(33)26-27(20-8-13-23(36-4)14-9-20)32(30(35)29(26)34)22-11-6-19(17-31)7-12-22/h6-16,18,27,33H,5H2,1-4H3/b28-26-. The van der Waals surface area contributed by atoms with Crippen LogP contribution in [-0.2, 0) is 9.59 Å². The van der Waals surface area contributed by atoms with E-state index in [1.165, 1.54) is 4.90 Å². The minimum atomic E-state index is -0.882. The number of methoxy groups -OCH3 is 1. The Morgan fingerprint density at radius 2 is 1.73 bits per heavy atom. The highest BCUT2D eigenvalue weighted by molar-refractivity contribution is 6.51. The summed E-state index contributed by atoms with van der Waals surface area (Å²) < 4.78 is 11.0. The van der Waals surface area contributed by atoms with Gasteiger partial charge in [0, 0.05) is 11.3 Å². The number of amides is 1. The predicted molar refractivity (Wildman–Crippen MR) is 141 cm³/mol. The summed E-state index contributed by atoms with van der Waals surface area (Å²) in [5.41, 5.74) is 2.78. The van der Waals surface area contributed by atoms with Gasteiger partial charge in [-0.05, 0) is 78.6 Å². The molecule has 0 radical (unpaired) electrons. The van der Waals surface area contributed by atoms with Crippen molar-refractivity contribution >= 4 is 23.1 Å². The molecule has 1 fully saturated rings. The van der Waals surface area contributed by atoms with Crippen LogP contribution in [-0.4, -0.2) is 30.5 Å². The summed E-state index contributed by atoms with van der Waals surface area (Å²) in [4.78, 5) is 28.1. The number of rotatable bonds is 7. The predicted octanol–water partition coefficient (Wildman–Crippen LogP) is 5.72. The SMILES string of the molecule is CCOc1ccc(/C(O)=C2/C(=O)C(=O)N(c3ccc(C#N)cc3)C2c2ccc(OC)cc2)cc1C(C)C. The number of nitriles is 1. The van der Waals surface area contributed by atoms with Gasteiger partial charge in [0.05, 0.1) is 37.0 Å². The third-order valence-corrected chi connectivity index (χ3v) is 6.36. The largest absolute Gasteiger partial charge is 0.507 e. The van der Waals surface area contributed by atoms with Crippen molar-refractivity contribution in [1.82, 2.24) is 0 Å². The van der Waals surface area contributed by atoms with Gasteiger partial charge in [0.15, 0.2) is 0 Å². The fraction of sp³-hybridized carbons (Fsp3) is 0.233. The van der Waals surface area contributed by atoms with Crippen molar-refractivity contribution < 1.29 is 24.2 Å². The van der Waals surface area contributed by atoms with Crippen LogP contribution in [0.4, 0.5) is 5.69 Å². The van der Waals surface area contributed by atoms with E-state index in [0.29, 0.717) is 40.5 Å². The van der Waals surface area contributed by atoms with Crippen molar-refractivity contribution in [3.05, 3.63) is 94.6 Å². The molecule has 0 spiro atoms. The Morgan fingerprint density at radius 3 is 2.30 bits per heavy atom. The second kappa shape index (κ2) is 10.6. The quantitative estimate of drug-likeness (QED) is 0.255. The lowest BCUT2D eigenvalue weighted by Crippen LogP contribution is -2.29. The van der Waals surface area contributed by atoms with E-state index in [9.17, 15) is 20.0 Å². The lowest BCUT2D eigenvalue weighted by molar-refractivity contribution is -0.132. The Balaban J connectivity index is 1.92. The van der Waals surface area contributed by atoms with Crippen LogP contribution in [0.3, 0.4) is 0 Å². The monoisotopic (exact) mass is 496 g/mol. The smallest absolute Gasteiger partial charge is 0.300 e. The van der Waals surface area contributed by atoms with Gasteiger partial charge in [-0.1, -0.05) is 26.0 Å². The number of anilines is 1. The Kier molecular flexibility index (Phi) is 7.30. The first kappa shape index (κ1) is 25.5. The number of nitrogens with zero attached hydrogens (tertiary/aromatic N) is 2. The van der Waals surface area contributed by atoms with Gasteiger partial charge in [-0.15, -0.1) is 0 Å². The lowest BCUT2D eigenvalue weighted by Gasteiger charge is -2.25. The molecule has 1 aliphatic rings. The second-order valence-corrected chi connectivity index (χ2v) is 8.94. The van der Waals surface area contributed by atoms with E-state index in [1.807, 2.05) is 20.8 Å². The molecule has 3 aromatic carbocycles. The van der Waals surface area contributed by atoms with Gasteiger partial charge in [0.2, 0.25) is 0 Å². The summed E-state index contributed by atoms with van der Waals surface area (Å²) in [5.74, 6) is -0.385. The zero-order chi connectivity index (χ0) is 26.7. The van der Waals surface area contributed by atoms with Crippen LogP contribution in [0.2, 0.25) is 0 Å². The topological polar surface area (TPSA) is 99.9 Å². The highest BCUT2D eigenvalue weighted by atomic mass is 16.5. The number of hydrogen-bond donors (Lipinski definition) is 1. The molecule has 7 heteroatoms. The Morgan fingerprint density at radius 1 is 1.05 bits per heavy atom. The molecule has 1 unspecified atom stereocenters. The molecule has 1 saturated heterocycles. The molecule has 1 N–H and O–H groups in total. The number of carbonyl (C=O) groups is 2. The zero-order valence-corrected chi connectivity index (χ0v) is 21.2. The number of carbonyl (C=O) groups excluding carboxylic acids is 2. The Bertz CT molecular complexity index is 1400. The summed E-state index contributed by atoms with van der Waals surface area (Å²) in [6.07, 6.45) is 0. The van der Waals surface area contributed by atoms with Gasteiger partial charge < -0.3 is 14.6 Å². The first-order valence-electron chi connectivity index (χ1n) is 12.0. The molecule has 1 heterocycles. The van der Waals surface area contributed by atoms with Gasteiger partial charge >= 0.3 is 0 Å². The maximum absolute atomic E-state index is 13.4. The molecule has 7 nitrogen and oxygen atoms in total. The van der Waals surface area contributed by atoms with Crippen LogP contribution in [0.5, 0.6) is 11.5 Å². The molecule has 1 atom stereocenters. The molecule has 0 saturated carbocycles. The normalized spacial score (nSPS) is 16.6. The number of ether oxygens (including phenoxy) is 2. The number of hydrogen-bond acceptors (Lipinski definition) is 6. The zero-order valence-electron chi connectivity index (χ0n) is 21.2. The average molecular weight is 497 g/mol. The summed E-state index contributed by atoms with van der Waals surface area (Å²) >= 11 is 0. The van der Waals surface area contributed by atoms with Crippen molar-refractivity contribution in [1.29, 1.82) is 5.26 Å². The molecule has 4 rings (SSSR count). The first-order valence-corrected chi connectivity index (χ1v) is 12.0. The molecule has 3 aromatic rings. The molecule has 1 amide bonds. The molecule has 0 aliphatic carbocycles. The highest BCUT2D eigenvalue weighted by Crippen LogP contribution is 2.43. The molecule has 37 heavy (non-hydrogen) atoms. The van der Waals surface area contributed by atoms with Crippen molar-refractivity contribution in [2.24, 2.45) is 0 Å². The van der Waals surface area contributed by atoms with Crippen LogP contribution in [0, 0.1) is 11.3 Å². The number of aliphatic hydroxyl groups is 1. The number of ketones is 1. The highest BCUT2D eigenvalue weighted by Gasteiger charge is 2.47. The first-order chi connectivity index (χ1) is 17.8. The third kappa shape index (κ3) is 4.78. The average Bonchev–Trinajstić information content (AvgIpc) is 3.18.